The van der Waals surface area contributed by atoms with Crippen molar-refractivity contribution >= 4 is 6.29 Å². The molecule has 19 heavy (non-hydrogen) atoms. The second kappa shape index (κ2) is 6.57. The number of benzene rings is 1. The van der Waals surface area contributed by atoms with E-state index in [9.17, 15) is 9.90 Å². The zero-order valence-corrected chi connectivity index (χ0v) is 12.0. The first-order valence-electron chi connectivity index (χ1n) is 6.48. The minimum atomic E-state index is -0.910. The predicted octanol–water partition coefficient (Wildman–Crippen LogP) is 2.68. The zero-order chi connectivity index (χ0) is 14.5. The molecule has 106 valence electrons. The Hall–Kier alpha value is -1.55. The smallest absolute Gasteiger partial charge is 0.161 e. The van der Waals surface area contributed by atoms with E-state index in [0.717, 1.165) is 6.29 Å². The number of hydrogen-bond donors (Lipinski definition) is 1. The van der Waals surface area contributed by atoms with Gasteiger partial charge in [0, 0.05) is 5.56 Å². The number of carbonyl (C=O) groups is 1. The molecular weight excluding hydrogens is 244 g/mol. The summed E-state index contributed by atoms with van der Waals surface area (Å²) in [7, 11) is 0. The van der Waals surface area contributed by atoms with Crippen molar-refractivity contribution in [2.75, 3.05) is 13.2 Å². The van der Waals surface area contributed by atoms with Gasteiger partial charge in [-0.25, -0.2) is 0 Å². The molecule has 4 nitrogen and oxygen atoms in total. The maximum absolute atomic E-state index is 10.7. The van der Waals surface area contributed by atoms with Crippen LogP contribution in [0, 0.1) is 5.92 Å². The number of aliphatic hydroxyl groups is 1. The average Bonchev–Trinajstić information content (AvgIpc) is 2.37. The Morgan fingerprint density at radius 1 is 1.32 bits per heavy atom. The molecule has 0 aliphatic heterocycles. The summed E-state index contributed by atoms with van der Waals surface area (Å²) in [6.07, 6.45) is 0.760. The normalized spacial score (nSPS) is 14.0. The molecule has 1 aromatic rings. The van der Waals surface area contributed by atoms with Crippen molar-refractivity contribution in [1.29, 1.82) is 0 Å². The molecule has 0 saturated heterocycles. The molecule has 4 heteroatoms. The highest BCUT2D eigenvalue weighted by Crippen LogP contribution is 2.29. The van der Waals surface area contributed by atoms with Crippen LogP contribution < -0.4 is 9.47 Å². The Morgan fingerprint density at radius 3 is 2.53 bits per heavy atom. The molecular formula is C15H22O4. The van der Waals surface area contributed by atoms with E-state index in [1.807, 2.05) is 20.8 Å². The second-order valence-corrected chi connectivity index (χ2v) is 5.06. The molecule has 1 unspecified atom stereocenters. The molecule has 0 amide bonds. The van der Waals surface area contributed by atoms with E-state index in [4.69, 9.17) is 9.47 Å². The van der Waals surface area contributed by atoms with E-state index >= 15 is 0 Å². The highest BCUT2D eigenvalue weighted by Gasteiger charge is 2.26. The molecule has 0 aromatic heterocycles. The van der Waals surface area contributed by atoms with Crippen molar-refractivity contribution in [1.82, 2.24) is 0 Å². The van der Waals surface area contributed by atoms with Crippen molar-refractivity contribution in [2.45, 2.75) is 33.3 Å². The lowest BCUT2D eigenvalue weighted by atomic mass is 9.94. The highest BCUT2D eigenvalue weighted by molar-refractivity contribution is 5.76. The van der Waals surface area contributed by atoms with Crippen molar-refractivity contribution in [3.63, 3.8) is 0 Å². The summed E-state index contributed by atoms with van der Waals surface area (Å²) >= 11 is 0. The third kappa shape index (κ3) is 4.24. The highest BCUT2D eigenvalue weighted by atomic mass is 16.5. The summed E-state index contributed by atoms with van der Waals surface area (Å²) in [5.74, 6) is 1.14. The van der Waals surface area contributed by atoms with Gasteiger partial charge in [-0.3, -0.25) is 4.79 Å². The van der Waals surface area contributed by atoms with Crippen LogP contribution in [0.1, 0.15) is 38.1 Å². The Labute approximate surface area is 114 Å². The maximum atomic E-state index is 10.7. The Morgan fingerprint density at radius 2 is 2.00 bits per heavy atom. The van der Waals surface area contributed by atoms with Gasteiger partial charge in [0.05, 0.1) is 12.2 Å². The number of aldehydes is 1. The average molecular weight is 266 g/mol. The molecule has 0 aliphatic rings. The van der Waals surface area contributed by atoms with Gasteiger partial charge in [0.15, 0.2) is 11.5 Å². The van der Waals surface area contributed by atoms with Gasteiger partial charge in [0.25, 0.3) is 0 Å². The van der Waals surface area contributed by atoms with E-state index in [2.05, 4.69) is 0 Å². The SMILES string of the molecule is CCOc1cc(C=O)ccc1OCC(C)(O)C(C)C. The number of carbonyl (C=O) groups excluding carboxylic acids is 1. The lowest BCUT2D eigenvalue weighted by molar-refractivity contribution is -0.0272. The van der Waals surface area contributed by atoms with Gasteiger partial charge < -0.3 is 14.6 Å². The van der Waals surface area contributed by atoms with Crippen LogP contribution in [0.15, 0.2) is 18.2 Å². The van der Waals surface area contributed by atoms with Crippen LogP contribution in [0.25, 0.3) is 0 Å². The lowest BCUT2D eigenvalue weighted by Crippen LogP contribution is -2.37. The summed E-state index contributed by atoms with van der Waals surface area (Å²) in [6.45, 7) is 8.12. The van der Waals surface area contributed by atoms with Gasteiger partial charge in [-0.15, -0.1) is 0 Å². The summed E-state index contributed by atoms with van der Waals surface area (Å²) in [6, 6.07) is 4.98. The van der Waals surface area contributed by atoms with Crippen LogP contribution in [0.3, 0.4) is 0 Å². The summed E-state index contributed by atoms with van der Waals surface area (Å²) in [4.78, 5) is 10.7. The second-order valence-electron chi connectivity index (χ2n) is 5.06. The van der Waals surface area contributed by atoms with E-state index in [1.54, 1.807) is 25.1 Å². The van der Waals surface area contributed by atoms with Gasteiger partial charge in [-0.1, -0.05) is 13.8 Å². The molecule has 0 fully saturated rings. The van der Waals surface area contributed by atoms with Crippen molar-refractivity contribution in [3.8, 4) is 11.5 Å². The minimum absolute atomic E-state index is 0.0808. The third-order valence-corrected chi connectivity index (χ3v) is 3.17. The fourth-order valence-electron chi connectivity index (χ4n) is 1.38. The first-order valence-corrected chi connectivity index (χ1v) is 6.48. The topological polar surface area (TPSA) is 55.8 Å². The summed E-state index contributed by atoms with van der Waals surface area (Å²) < 4.78 is 11.1. The van der Waals surface area contributed by atoms with Crippen molar-refractivity contribution in [3.05, 3.63) is 23.8 Å². The molecule has 0 aliphatic carbocycles. The fourth-order valence-corrected chi connectivity index (χ4v) is 1.38. The summed E-state index contributed by atoms with van der Waals surface area (Å²) in [5, 5.41) is 10.2. The Bertz CT molecular complexity index is 424. The first-order chi connectivity index (χ1) is 8.90. The molecule has 1 atom stereocenters. The molecule has 0 radical (unpaired) electrons. The van der Waals surface area contributed by atoms with Crippen LogP contribution >= 0.6 is 0 Å². The largest absolute Gasteiger partial charge is 0.490 e. The Balaban J connectivity index is 2.85. The molecule has 1 rings (SSSR count). The molecule has 0 saturated carbocycles. The van der Waals surface area contributed by atoms with E-state index < -0.39 is 5.60 Å². The van der Waals surface area contributed by atoms with Gasteiger partial charge in [-0.2, -0.15) is 0 Å². The molecule has 1 aromatic carbocycles. The quantitative estimate of drug-likeness (QED) is 0.771. The van der Waals surface area contributed by atoms with E-state index in [-0.39, 0.29) is 12.5 Å². The molecule has 0 heterocycles. The standard InChI is InChI=1S/C15H22O4/c1-5-18-14-8-12(9-16)6-7-13(14)19-10-15(4,17)11(2)3/h6-9,11,17H,5,10H2,1-4H3. The Kier molecular flexibility index (Phi) is 5.36. The van der Waals surface area contributed by atoms with Gasteiger partial charge in [0.2, 0.25) is 0 Å². The van der Waals surface area contributed by atoms with E-state index in [0.29, 0.717) is 23.7 Å². The van der Waals surface area contributed by atoms with Crippen molar-refractivity contribution < 1.29 is 19.4 Å². The van der Waals surface area contributed by atoms with Crippen LogP contribution in [0.2, 0.25) is 0 Å². The lowest BCUT2D eigenvalue weighted by Gasteiger charge is -2.27. The monoisotopic (exact) mass is 266 g/mol. The number of hydrogen-bond acceptors (Lipinski definition) is 4. The summed E-state index contributed by atoms with van der Waals surface area (Å²) in [5.41, 5.74) is -0.376. The van der Waals surface area contributed by atoms with Gasteiger partial charge in [-0.05, 0) is 38.0 Å². The number of rotatable bonds is 7. The van der Waals surface area contributed by atoms with Crippen LogP contribution in [-0.4, -0.2) is 30.2 Å². The van der Waals surface area contributed by atoms with Crippen LogP contribution in [0.5, 0.6) is 11.5 Å². The van der Waals surface area contributed by atoms with Crippen molar-refractivity contribution in [2.24, 2.45) is 5.92 Å². The minimum Gasteiger partial charge on any atom is -0.490 e. The third-order valence-electron chi connectivity index (χ3n) is 3.17. The van der Waals surface area contributed by atoms with Gasteiger partial charge >= 0.3 is 0 Å². The van der Waals surface area contributed by atoms with E-state index in [1.165, 1.54) is 0 Å². The fraction of sp³-hybridized carbons (Fsp3) is 0.533. The maximum Gasteiger partial charge on any atom is 0.161 e. The van der Waals surface area contributed by atoms with Crippen LogP contribution in [-0.2, 0) is 0 Å². The number of ether oxygens (including phenoxy) is 2. The molecule has 1 N–H and O–H groups in total. The predicted molar refractivity (Wildman–Crippen MR) is 74.0 cm³/mol. The molecule has 0 bridgehead atoms. The first kappa shape index (κ1) is 15.5. The van der Waals surface area contributed by atoms with Gasteiger partial charge in [0.1, 0.15) is 12.9 Å². The zero-order valence-electron chi connectivity index (χ0n) is 12.0. The molecule has 0 spiro atoms. The van der Waals surface area contributed by atoms with Crippen LogP contribution in [0.4, 0.5) is 0 Å².